The summed E-state index contributed by atoms with van der Waals surface area (Å²) in [6, 6.07) is -0.710. The SMILES string of the molecule is C=CCCCN(C)C(=O)NC1COCC1C(=O)O. The largest absolute Gasteiger partial charge is 0.481 e. The quantitative estimate of drug-likeness (QED) is 0.541. The minimum atomic E-state index is -0.938. The highest BCUT2D eigenvalue weighted by Crippen LogP contribution is 2.14. The summed E-state index contributed by atoms with van der Waals surface area (Å²) in [5.74, 6) is -1.59. The molecule has 102 valence electrons. The molecule has 18 heavy (non-hydrogen) atoms. The summed E-state index contributed by atoms with van der Waals surface area (Å²) in [6.07, 6.45) is 3.50. The molecule has 0 bridgehead atoms. The number of nitrogens with zero attached hydrogens (tertiary/aromatic N) is 1. The molecule has 1 aliphatic rings. The van der Waals surface area contributed by atoms with Crippen LogP contribution >= 0.6 is 0 Å². The molecule has 0 saturated carbocycles. The molecule has 2 N–H and O–H groups in total. The molecule has 2 unspecified atom stereocenters. The highest BCUT2D eigenvalue weighted by atomic mass is 16.5. The predicted octanol–water partition coefficient (Wildman–Crippen LogP) is 0.694. The van der Waals surface area contributed by atoms with Crippen LogP contribution < -0.4 is 5.32 Å². The van der Waals surface area contributed by atoms with Gasteiger partial charge in [-0.15, -0.1) is 6.58 Å². The third-order valence-corrected chi connectivity index (χ3v) is 2.96. The summed E-state index contributed by atoms with van der Waals surface area (Å²) < 4.78 is 5.08. The lowest BCUT2D eigenvalue weighted by molar-refractivity contribution is -0.142. The number of amides is 2. The zero-order valence-corrected chi connectivity index (χ0v) is 10.6. The second kappa shape index (κ2) is 7.00. The zero-order chi connectivity index (χ0) is 13.5. The first kappa shape index (κ1) is 14.5. The third kappa shape index (κ3) is 4.03. The standard InChI is InChI=1S/C12H20N2O4/c1-3-4-5-6-14(2)12(17)13-10-8-18-7-9(10)11(15)16/h3,9-10H,1,4-8H2,2H3,(H,13,17)(H,15,16). The lowest BCUT2D eigenvalue weighted by atomic mass is 10.0. The number of ether oxygens (including phenoxy) is 1. The van der Waals surface area contributed by atoms with Crippen molar-refractivity contribution in [3.8, 4) is 0 Å². The van der Waals surface area contributed by atoms with E-state index in [1.165, 1.54) is 0 Å². The molecular formula is C12H20N2O4. The second-order valence-corrected chi connectivity index (χ2v) is 4.39. The summed E-state index contributed by atoms with van der Waals surface area (Å²) in [6.45, 7) is 4.63. The lowest BCUT2D eigenvalue weighted by Crippen LogP contribution is -2.47. The van der Waals surface area contributed by atoms with Crippen LogP contribution in [0.2, 0.25) is 0 Å². The Hall–Kier alpha value is -1.56. The number of nitrogens with one attached hydrogen (secondary N) is 1. The molecule has 0 aromatic carbocycles. The van der Waals surface area contributed by atoms with Gasteiger partial charge in [-0.3, -0.25) is 4.79 Å². The number of carboxylic acids is 1. The lowest BCUT2D eigenvalue weighted by Gasteiger charge is -2.22. The Balaban J connectivity index is 2.38. The van der Waals surface area contributed by atoms with E-state index in [0.717, 1.165) is 12.8 Å². The molecule has 6 heteroatoms. The van der Waals surface area contributed by atoms with Gasteiger partial charge in [0.25, 0.3) is 0 Å². The van der Waals surface area contributed by atoms with Gasteiger partial charge < -0.3 is 20.1 Å². The molecule has 1 aliphatic heterocycles. The summed E-state index contributed by atoms with van der Waals surface area (Å²) in [5, 5.41) is 11.6. The molecule has 0 aliphatic carbocycles. The monoisotopic (exact) mass is 256 g/mol. The Bertz CT molecular complexity index is 319. The first-order valence-electron chi connectivity index (χ1n) is 5.99. The van der Waals surface area contributed by atoms with Crippen molar-refractivity contribution >= 4 is 12.0 Å². The Morgan fingerprint density at radius 2 is 2.28 bits per heavy atom. The van der Waals surface area contributed by atoms with Gasteiger partial charge in [0, 0.05) is 13.6 Å². The van der Waals surface area contributed by atoms with Crippen molar-refractivity contribution in [2.24, 2.45) is 5.92 Å². The van der Waals surface area contributed by atoms with Crippen LogP contribution in [0.15, 0.2) is 12.7 Å². The summed E-state index contributed by atoms with van der Waals surface area (Å²) in [5.41, 5.74) is 0. The average molecular weight is 256 g/mol. The smallest absolute Gasteiger partial charge is 0.317 e. The molecule has 1 saturated heterocycles. The number of hydrogen-bond donors (Lipinski definition) is 2. The maximum atomic E-state index is 11.8. The van der Waals surface area contributed by atoms with Crippen molar-refractivity contribution in [1.29, 1.82) is 0 Å². The molecule has 0 radical (unpaired) electrons. The van der Waals surface area contributed by atoms with Crippen molar-refractivity contribution in [3.63, 3.8) is 0 Å². The van der Waals surface area contributed by atoms with Gasteiger partial charge in [-0.2, -0.15) is 0 Å². The van der Waals surface area contributed by atoms with Gasteiger partial charge in [0.1, 0.15) is 5.92 Å². The van der Waals surface area contributed by atoms with Crippen molar-refractivity contribution < 1.29 is 19.4 Å². The predicted molar refractivity (Wildman–Crippen MR) is 66.3 cm³/mol. The van der Waals surface area contributed by atoms with E-state index in [4.69, 9.17) is 9.84 Å². The van der Waals surface area contributed by atoms with Gasteiger partial charge in [-0.1, -0.05) is 6.08 Å². The van der Waals surface area contributed by atoms with Gasteiger partial charge in [-0.05, 0) is 12.8 Å². The number of carbonyl (C=O) groups is 2. The Labute approximate surface area is 107 Å². The van der Waals surface area contributed by atoms with E-state index < -0.39 is 17.9 Å². The molecule has 2 atom stereocenters. The van der Waals surface area contributed by atoms with Crippen molar-refractivity contribution in [3.05, 3.63) is 12.7 Å². The number of unbranched alkanes of at least 4 members (excludes halogenated alkanes) is 1. The van der Waals surface area contributed by atoms with Gasteiger partial charge in [0.2, 0.25) is 0 Å². The summed E-state index contributed by atoms with van der Waals surface area (Å²) in [4.78, 5) is 24.3. The van der Waals surface area contributed by atoms with E-state index in [-0.39, 0.29) is 19.2 Å². The van der Waals surface area contributed by atoms with Gasteiger partial charge >= 0.3 is 12.0 Å². The van der Waals surface area contributed by atoms with Crippen LogP contribution in [0.3, 0.4) is 0 Å². The second-order valence-electron chi connectivity index (χ2n) is 4.39. The average Bonchev–Trinajstić information content (AvgIpc) is 2.77. The molecule has 0 spiro atoms. The van der Waals surface area contributed by atoms with Crippen LogP contribution in [-0.4, -0.2) is 54.9 Å². The van der Waals surface area contributed by atoms with Crippen molar-refractivity contribution in [2.45, 2.75) is 18.9 Å². The molecule has 0 aromatic rings. The van der Waals surface area contributed by atoms with E-state index in [1.54, 1.807) is 18.0 Å². The van der Waals surface area contributed by atoms with Crippen LogP contribution in [0.4, 0.5) is 4.79 Å². The minimum Gasteiger partial charge on any atom is -0.481 e. The molecule has 0 aromatic heterocycles. The molecule has 1 fully saturated rings. The Kier molecular flexibility index (Phi) is 5.64. The van der Waals surface area contributed by atoms with Gasteiger partial charge in [0.15, 0.2) is 0 Å². The van der Waals surface area contributed by atoms with Crippen molar-refractivity contribution in [2.75, 3.05) is 26.8 Å². The Morgan fingerprint density at radius 3 is 2.89 bits per heavy atom. The molecule has 1 rings (SSSR count). The zero-order valence-electron chi connectivity index (χ0n) is 10.6. The van der Waals surface area contributed by atoms with E-state index in [0.29, 0.717) is 6.54 Å². The van der Waals surface area contributed by atoms with Crippen LogP contribution in [0, 0.1) is 5.92 Å². The first-order chi connectivity index (χ1) is 8.56. The van der Waals surface area contributed by atoms with Gasteiger partial charge in [0.05, 0.1) is 19.3 Å². The van der Waals surface area contributed by atoms with E-state index in [1.807, 2.05) is 0 Å². The molecule has 1 heterocycles. The van der Waals surface area contributed by atoms with Crippen LogP contribution in [0.5, 0.6) is 0 Å². The van der Waals surface area contributed by atoms with E-state index in [9.17, 15) is 9.59 Å². The maximum absolute atomic E-state index is 11.8. The van der Waals surface area contributed by atoms with Crippen LogP contribution in [-0.2, 0) is 9.53 Å². The topological polar surface area (TPSA) is 78.9 Å². The molecular weight excluding hydrogens is 236 g/mol. The summed E-state index contributed by atoms with van der Waals surface area (Å²) in [7, 11) is 1.68. The third-order valence-electron chi connectivity index (χ3n) is 2.96. The number of aliphatic carboxylic acids is 1. The highest BCUT2D eigenvalue weighted by Gasteiger charge is 2.35. The first-order valence-corrected chi connectivity index (χ1v) is 5.99. The highest BCUT2D eigenvalue weighted by molar-refractivity contribution is 5.77. The Morgan fingerprint density at radius 1 is 1.56 bits per heavy atom. The fourth-order valence-electron chi connectivity index (χ4n) is 1.78. The maximum Gasteiger partial charge on any atom is 0.317 e. The van der Waals surface area contributed by atoms with E-state index >= 15 is 0 Å². The number of rotatable bonds is 6. The number of allylic oxidation sites excluding steroid dienone is 1. The van der Waals surface area contributed by atoms with Crippen LogP contribution in [0.25, 0.3) is 0 Å². The minimum absolute atomic E-state index is 0.153. The summed E-state index contributed by atoms with van der Waals surface area (Å²) >= 11 is 0. The normalized spacial score (nSPS) is 22.5. The molecule has 6 nitrogen and oxygen atoms in total. The van der Waals surface area contributed by atoms with E-state index in [2.05, 4.69) is 11.9 Å². The number of carbonyl (C=O) groups excluding carboxylic acids is 1. The van der Waals surface area contributed by atoms with Crippen LogP contribution in [0.1, 0.15) is 12.8 Å². The number of urea groups is 1. The van der Waals surface area contributed by atoms with Crippen molar-refractivity contribution in [1.82, 2.24) is 10.2 Å². The fourth-order valence-corrected chi connectivity index (χ4v) is 1.78. The number of hydrogen-bond acceptors (Lipinski definition) is 3. The molecule has 2 amide bonds. The van der Waals surface area contributed by atoms with Gasteiger partial charge in [-0.25, -0.2) is 4.79 Å². The fraction of sp³-hybridized carbons (Fsp3) is 0.667. The number of carboxylic acid groups (broad SMARTS) is 1.